The summed E-state index contributed by atoms with van der Waals surface area (Å²) in [5.41, 5.74) is 2.43. The number of hydrogen-bond acceptors (Lipinski definition) is 3. The van der Waals surface area contributed by atoms with Crippen LogP contribution in [0.1, 0.15) is 11.1 Å². The number of benzene rings is 2. The highest BCUT2D eigenvalue weighted by Gasteiger charge is 2.31. The molecule has 2 aromatic rings. The van der Waals surface area contributed by atoms with E-state index in [1.807, 2.05) is 6.07 Å². The number of hydrogen-bond donors (Lipinski definition) is 2. The number of phenols is 1. The summed E-state index contributed by atoms with van der Waals surface area (Å²) in [6.45, 7) is 0. The average molecular weight is 359 g/mol. The van der Waals surface area contributed by atoms with E-state index in [0.717, 1.165) is 18.3 Å². The van der Waals surface area contributed by atoms with Crippen molar-refractivity contribution in [3.05, 3.63) is 58.1 Å². The molecule has 0 aliphatic heterocycles. The minimum Gasteiger partial charge on any atom is -0.506 e. The molecule has 2 N–H and O–H groups in total. The molecule has 0 amide bonds. The molecule has 0 heterocycles. The van der Waals surface area contributed by atoms with Gasteiger partial charge in [-0.05, 0) is 40.2 Å². The zero-order chi connectivity index (χ0) is 15.5. The van der Waals surface area contributed by atoms with Gasteiger partial charge in [-0.25, -0.2) is 0 Å². The second-order valence-corrected chi connectivity index (χ2v) is 4.98. The fourth-order valence-corrected chi connectivity index (χ4v) is 2.05. The number of aromatic hydroxyl groups is 1. The lowest BCUT2D eigenvalue weighted by atomic mass is 10.1. The van der Waals surface area contributed by atoms with Crippen LogP contribution in [-0.2, 0) is 6.18 Å². The summed E-state index contributed by atoms with van der Waals surface area (Å²) in [4.78, 5) is 0. The predicted octanol–water partition coefficient (Wildman–Crippen LogP) is 4.62. The second-order valence-electron chi connectivity index (χ2n) is 4.13. The minimum atomic E-state index is -4.49. The Morgan fingerprint density at radius 2 is 1.81 bits per heavy atom. The van der Waals surface area contributed by atoms with Gasteiger partial charge >= 0.3 is 6.18 Å². The van der Waals surface area contributed by atoms with Crippen molar-refractivity contribution in [2.24, 2.45) is 5.10 Å². The van der Waals surface area contributed by atoms with E-state index in [1.54, 1.807) is 24.3 Å². The number of nitrogens with one attached hydrogen (secondary N) is 1. The van der Waals surface area contributed by atoms with Crippen molar-refractivity contribution in [3.8, 4) is 5.75 Å². The quantitative estimate of drug-likeness (QED) is 0.621. The molecule has 0 saturated heterocycles. The SMILES string of the molecule is Oc1c(Br)cc(C(F)(F)F)cc1C=NNc1ccccc1. The molecule has 0 atom stereocenters. The molecule has 21 heavy (non-hydrogen) atoms. The van der Waals surface area contributed by atoms with E-state index in [1.165, 1.54) is 0 Å². The third kappa shape index (κ3) is 3.98. The average Bonchev–Trinajstić information content (AvgIpc) is 2.43. The summed E-state index contributed by atoms with van der Waals surface area (Å²) in [5, 5.41) is 13.6. The monoisotopic (exact) mass is 358 g/mol. The molecule has 2 rings (SSSR count). The summed E-state index contributed by atoms with van der Waals surface area (Å²) in [5.74, 6) is -0.304. The Kier molecular flexibility index (Phi) is 4.52. The topological polar surface area (TPSA) is 44.6 Å². The molecule has 0 aliphatic carbocycles. The van der Waals surface area contributed by atoms with Crippen molar-refractivity contribution >= 4 is 27.8 Å². The zero-order valence-electron chi connectivity index (χ0n) is 10.5. The van der Waals surface area contributed by atoms with Gasteiger partial charge < -0.3 is 5.11 Å². The molecule has 0 fully saturated rings. The third-order valence-corrected chi connectivity index (χ3v) is 3.20. The van der Waals surface area contributed by atoms with Crippen LogP contribution in [0.15, 0.2) is 52.0 Å². The van der Waals surface area contributed by atoms with Gasteiger partial charge in [-0.15, -0.1) is 0 Å². The van der Waals surface area contributed by atoms with Gasteiger partial charge in [0.1, 0.15) is 5.75 Å². The van der Waals surface area contributed by atoms with Crippen LogP contribution >= 0.6 is 15.9 Å². The fraction of sp³-hybridized carbons (Fsp3) is 0.0714. The Morgan fingerprint density at radius 1 is 1.14 bits per heavy atom. The Hall–Kier alpha value is -2.02. The first-order chi connectivity index (χ1) is 9.88. The molecule has 0 unspecified atom stereocenters. The van der Waals surface area contributed by atoms with Gasteiger partial charge in [0.15, 0.2) is 0 Å². The summed E-state index contributed by atoms with van der Waals surface area (Å²) >= 11 is 2.89. The van der Waals surface area contributed by atoms with E-state index < -0.39 is 11.7 Å². The van der Waals surface area contributed by atoms with Crippen LogP contribution in [0.4, 0.5) is 18.9 Å². The maximum atomic E-state index is 12.7. The van der Waals surface area contributed by atoms with Gasteiger partial charge in [0.25, 0.3) is 0 Å². The number of hydrazone groups is 1. The van der Waals surface area contributed by atoms with Crippen molar-refractivity contribution in [2.45, 2.75) is 6.18 Å². The van der Waals surface area contributed by atoms with Crippen LogP contribution in [0.5, 0.6) is 5.75 Å². The molecular formula is C14H10BrF3N2O. The highest BCUT2D eigenvalue weighted by Crippen LogP contribution is 2.36. The molecule has 2 aromatic carbocycles. The summed E-state index contributed by atoms with van der Waals surface area (Å²) in [7, 11) is 0. The number of rotatable bonds is 3. The van der Waals surface area contributed by atoms with E-state index in [0.29, 0.717) is 5.69 Å². The Bertz CT molecular complexity index is 657. The van der Waals surface area contributed by atoms with Crippen molar-refractivity contribution in [3.63, 3.8) is 0 Å². The van der Waals surface area contributed by atoms with Gasteiger partial charge in [0.05, 0.1) is 21.9 Å². The van der Waals surface area contributed by atoms with Crippen molar-refractivity contribution in [1.29, 1.82) is 0 Å². The molecule has 0 saturated carbocycles. The highest BCUT2D eigenvalue weighted by molar-refractivity contribution is 9.10. The van der Waals surface area contributed by atoms with Crippen LogP contribution in [0.2, 0.25) is 0 Å². The Morgan fingerprint density at radius 3 is 2.43 bits per heavy atom. The van der Waals surface area contributed by atoms with Crippen LogP contribution in [0, 0.1) is 0 Å². The lowest BCUT2D eigenvalue weighted by Crippen LogP contribution is -2.06. The van der Waals surface area contributed by atoms with E-state index in [9.17, 15) is 18.3 Å². The van der Waals surface area contributed by atoms with Crippen LogP contribution in [0.25, 0.3) is 0 Å². The molecule has 0 aromatic heterocycles. The summed E-state index contributed by atoms with van der Waals surface area (Å²) in [6.07, 6.45) is -3.37. The van der Waals surface area contributed by atoms with Gasteiger partial charge in [-0.3, -0.25) is 5.43 Å². The van der Waals surface area contributed by atoms with E-state index in [-0.39, 0.29) is 15.8 Å². The lowest BCUT2D eigenvalue weighted by Gasteiger charge is -2.10. The lowest BCUT2D eigenvalue weighted by molar-refractivity contribution is -0.137. The summed E-state index contributed by atoms with van der Waals surface area (Å²) in [6, 6.07) is 10.5. The first-order valence-electron chi connectivity index (χ1n) is 5.82. The molecule has 0 radical (unpaired) electrons. The third-order valence-electron chi connectivity index (χ3n) is 2.59. The Labute approximate surface area is 127 Å². The standard InChI is InChI=1S/C14H10BrF3N2O/c15-12-7-10(14(16,17)18)6-9(13(12)21)8-19-20-11-4-2-1-3-5-11/h1-8,20-21H. The Balaban J connectivity index is 2.25. The maximum absolute atomic E-state index is 12.7. The van der Waals surface area contributed by atoms with E-state index >= 15 is 0 Å². The van der Waals surface area contributed by atoms with Gasteiger partial charge in [-0.2, -0.15) is 18.3 Å². The molecule has 0 aliphatic rings. The van der Waals surface area contributed by atoms with Crippen molar-refractivity contribution in [1.82, 2.24) is 0 Å². The van der Waals surface area contributed by atoms with Crippen molar-refractivity contribution in [2.75, 3.05) is 5.43 Å². The van der Waals surface area contributed by atoms with Gasteiger partial charge in [-0.1, -0.05) is 18.2 Å². The number of alkyl halides is 3. The van der Waals surface area contributed by atoms with Crippen LogP contribution in [-0.4, -0.2) is 11.3 Å². The molecule has 7 heteroatoms. The van der Waals surface area contributed by atoms with Gasteiger partial charge in [0.2, 0.25) is 0 Å². The van der Waals surface area contributed by atoms with E-state index in [2.05, 4.69) is 26.5 Å². The maximum Gasteiger partial charge on any atom is 0.416 e. The molecule has 0 spiro atoms. The minimum absolute atomic E-state index is 0.0415. The van der Waals surface area contributed by atoms with E-state index in [4.69, 9.17) is 0 Å². The zero-order valence-corrected chi connectivity index (χ0v) is 12.1. The molecule has 3 nitrogen and oxygen atoms in total. The number of phenolic OH excluding ortho intramolecular Hbond substituents is 1. The highest BCUT2D eigenvalue weighted by atomic mass is 79.9. The first kappa shape index (κ1) is 15.4. The number of anilines is 1. The normalized spacial score (nSPS) is 11.8. The molecule has 110 valence electrons. The smallest absolute Gasteiger partial charge is 0.416 e. The summed E-state index contributed by atoms with van der Waals surface area (Å²) < 4.78 is 38.1. The number of para-hydroxylation sites is 1. The molecular weight excluding hydrogens is 349 g/mol. The fourth-order valence-electron chi connectivity index (χ4n) is 1.57. The number of nitrogens with zero attached hydrogens (tertiary/aromatic N) is 1. The van der Waals surface area contributed by atoms with Gasteiger partial charge in [0, 0.05) is 5.56 Å². The second kappa shape index (κ2) is 6.17. The van der Waals surface area contributed by atoms with Crippen molar-refractivity contribution < 1.29 is 18.3 Å². The molecule has 0 bridgehead atoms. The largest absolute Gasteiger partial charge is 0.506 e. The predicted molar refractivity (Wildman–Crippen MR) is 78.5 cm³/mol. The first-order valence-corrected chi connectivity index (χ1v) is 6.61. The number of halogens is 4. The van der Waals surface area contributed by atoms with Crippen LogP contribution < -0.4 is 5.43 Å². The van der Waals surface area contributed by atoms with Crippen LogP contribution in [0.3, 0.4) is 0 Å².